The molecule has 1 heterocycles. The lowest BCUT2D eigenvalue weighted by Gasteiger charge is -1.95. The van der Waals surface area contributed by atoms with Gasteiger partial charge in [-0.3, -0.25) is 5.41 Å². The molecule has 1 aromatic heterocycles. The summed E-state index contributed by atoms with van der Waals surface area (Å²) in [7, 11) is 0. The normalized spacial score (nSPS) is 10.8. The molecule has 0 saturated carbocycles. The van der Waals surface area contributed by atoms with Crippen molar-refractivity contribution in [3.63, 3.8) is 0 Å². The Kier molecular flexibility index (Phi) is 4.05. The van der Waals surface area contributed by atoms with E-state index in [1.54, 1.807) is 12.1 Å². The third-order valence-corrected chi connectivity index (χ3v) is 4.02. The largest absolute Gasteiger partial charge is 0.478 e. The van der Waals surface area contributed by atoms with Gasteiger partial charge in [0.1, 0.15) is 0 Å². The average molecular weight is 322 g/mol. The standard InChI is InChI=1S/C16H10N4O2S/c17-9-13(15-18-12-6-1-2-7-14(12)23-15)20-19-11-5-3-4-10(8-11)16(21)22/h1-8,17H,(H,21,22). The summed E-state index contributed by atoms with van der Waals surface area (Å²) in [4.78, 5) is 15.3. The number of rotatable bonds is 4. The fraction of sp³-hybridized carbons (Fsp3) is 0. The van der Waals surface area contributed by atoms with E-state index in [2.05, 4.69) is 21.1 Å². The quantitative estimate of drug-likeness (QED) is 0.551. The van der Waals surface area contributed by atoms with E-state index in [-0.39, 0.29) is 11.3 Å². The first-order valence-corrected chi connectivity index (χ1v) is 7.40. The number of hydrogen-bond donors (Lipinski definition) is 2. The second kappa shape index (κ2) is 6.31. The Balaban J connectivity index is 1.92. The Morgan fingerprint density at radius 1 is 1.22 bits per heavy atom. The number of nitrogens with one attached hydrogen (secondary N) is 1. The van der Waals surface area contributed by atoms with Crippen molar-refractivity contribution in [1.82, 2.24) is 4.98 Å². The molecule has 112 valence electrons. The SMILES string of the molecule is N=C=C(N=Nc1cccc(C(=O)O)c1)c1nc2ccccc2s1. The highest BCUT2D eigenvalue weighted by atomic mass is 32.1. The molecule has 0 aliphatic heterocycles. The summed E-state index contributed by atoms with van der Waals surface area (Å²) in [5.74, 6) is 1.19. The van der Waals surface area contributed by atoms with Gasteiger partial charge >= 0.3 is 5.97 Å². The summed E-state index contributed by atoms with van der Waals surface area (Å²) >= 11 is 1.39. The van der Waals surface area contributed by atoms with E-state index in [0.717, 1.165) is 10.2 Å². The zero-order valence-electron chi connectivity index (χ0n) is 11.7. The fourth-order valence-electron chi connectivity index (χ4n) is 1.90. The Morgan fingerprint density at radius 3 is 2.78 bits per heavy atom. The third-order valence-electron chi connectivity index (χ3n) is 2.97. The van der Waals surface area contributed by atoms with Crippen molar-refractivity contribution in [2.45, 2.75) is 0 Å². The molecule has 2 N–H and O–H groups in total. The Bertz CT molecular complexity index is 938. The lowest BCUT2D eigenvalue weighted by molar-refractivity contribution is 0.0697. The van der Waals surface area contributed by atoms with E-state index >= 15 is 0 Å². The zero-order valence-corrected chi connectivity index (χ0v) is 12.5. The van der Waals surface area contributed by atoms with Crippen molar-refractivity contribution >= 4 is 44.8 Å². The number of carboxylic acid groups (broad SMARTS) is 1. The van der Waals surface area contributed by atoms with E-state index < -0.39 is 5.97 Å². The van der Waals surface area contributed by atoms with Gasteiger partial charge in [-0.2, -0.15) is 0 Å². The van der Waals surface area contributed by atoms with Crippen LogP contribution in [0.2, 0.25) is 0 Å². The van der Waals surface area contributed by atoms with Gasteiger partial charge in [-0.05, 0) is 30.3 Å². The monoisotopic (exact) mass is 322 g/mol. The number of benzene rings is 2. The van der Waals surface area contributed by atoms with Gasteiger partial charge in [0.15, 0.2) is 10.7 Å². The lowest BCUT2D eigenvalue weighted by Crippen LogP contribution is -1.94. The summed E-state index contributed by atoms with van der Waals surface area (Å²) < 4.78 is 0.985. The van der Waals surface area contributed by atoms with Crippen molar-refractivity contribution in [3.05, 3.63) is 59.1 Å². The molecular formula is C16H10N4O2S. The molecule has 0 saturated heterocycles. The van der Waals surface area contributed by atoms with Gasteiger partial charge in [0.2, 0.25) is 0 Å². The van der Waals surface area contributed by atoms with E-state index in [1.165, 1.54) is 23.5 Å². The number of azo groups is 1. The van der Waals surface area contributed by atoms with E-state index in [9.17, 15) is 4.79 Å². The van der Waals surface area contributed by atoms with Crippen LogP contribution in [0.1, 0.15) is 15.4 Å². The maximum Gasteiger partial charge on any atom is 0.335 e. The molecule has 3 aromatic rings. The molecule has 0 amide bonds. The van der Waals surface area contributed by atoms with Crippen LogP contribution in [0.5, 0.6) is 0 Å². The molecule has 7 heteroatoms. The molecule has 0 aliphatic rings. The molecule has 0 fully saturated rings. The van der Waals surface area contributed by atoms with Crippen molar-refractivity contribution in [3.8, 4) is 0 Å². The predicted molar refractivity (Wildman–Crippen MR) is 88.7 cm³/mol. The van der Waals surface area contributed by atoms with Gasteiger partial charge < -0.3 is 5.11 Å². The molecule has 0 unspecified atom stereocenters. The third kappa shape index (κ3) is 3.21. The van der Waals surface area contributed by atoms with Crippen LogP contribution in [0.15, 0.2) is 58.8 Å². The molecule has 0 bridgehead atoms. The number of carboxylic acids is 1. The minimum atomic E-state index is -1.03. The second-order valence-corrected chi connectivity index (χ2v) is 5.55. The first-order valence-electron chi connectivity index (χ1n) is 6.58. The van der Waals surface area contributed by atoms with E-state index in [4.69, 9.17) is 10.5 Å². The highest BCUT2D eigenvalue weighted by molar-refractivity contribution is 7.19. The van der Waals surface area contributed by atoms with Gasteiger partial charge in [-0.25, -0.2) is 9.78 Å². The van der Waals surface area contributed by atoms with Crippen LogP contribution in [0.25, 0.3) is 15.9 Å². The molecule has 0 spiro atoms. The van der Waals surface area contributed by atoms with Crippen LogP contribution < -0.4 is 0 Å². The number of para-hydroxylation sites is 1. The maximum absolute atomic E-state index is 10.9. The van der Waals surface area contributed by atoms with Crippen LogP contribution in [0.3, 0.4) is 0 Å². The van der Waals surface area contributed by atoms with Crippen molar-refractivity contribution in [1.29, 1.82) is 5.41 Å². The summed E-state index contributed by atoms with van der Waals surface area (Å²) in [6.07, 6.45) is 0. The van der Waals surface area contributed by atoms with Crippen LogP contribution in [0, 0.1) is 5.41 Å². The first-order chi connectivity index (χ1) is 11.2. The molecule has 23 heavy (non-hydrogen) atoms. The minimum absolute atomic E-state index is 0.127. The molecular weight excluding hydrogens is 312 g/mol. The number of carbonyl (C=O) groups is 1. The predicted octanol–water partition coefficient (Wildman–Crippen LogP) is 4.37. The highest BCUT2D eigenvalue weighted by Crippen LogP contribution is 2.27. The smallest absolute Gasteiger partial charge is 0.335 e. The number of aromatic nitrogens is 1. The van der Waals surface area contributed by atoms with E-state index in [0.29, 0.717) is 10.7 Å². The second-order valence-electron chi connectivity index (χ2n) is 4.52. The number of hydrogen-bond acceptors (Lipinski definition) is 6. The van der Waals surface area contributed by atoms with Crippen LogP contribution in [-0.2, 0) is 0 Å². The van der Waals surface area contributed by atoms with Gasteiger partial charge in [0, 0.05) is 5.87 Å². The molecule has 3 rings (SSSR count). The van der Waals surface area contributed by atoms with Crippen LogP contribution in [-0.4, -0.2) is 21.9 Å². The molecule has 0 radical (unpaired) electrons. The Hall–Kier alpha value is -3.15. The van der Waals surface area contributed by atoms with E-state index in [1.807, 2.05) is 24.3 Å². The summed E-state index contributed by atoms with van der Waals surface area (Å²) in [5.41, 5.74) is 1.54. The number of fused-ring (bicyclic) bond motifs is 1. The molecule has 2 aromatic carbocycles. The van der Waals surface area contributed by atoms with Gasteiger partial charge in [-0.15, -0.1) is 21.6 Å². The van der Waals surface area contributed by atoms with Gasteiger partial charge in [0.25, 0.3) is 0 Å². The summed E-state index contributed by atoms with van der Waals surface area (Å²) in [6, 6.07) is 13.7. The van der Waals surface area contributed by atoms with Crippen LogP contribution in [0.4, 0.5) is 5.69 Å². The molecule has 6 nitrogen and oxygen atoms in total. The maximum atomic E-state index is 10.9. The van der Waals surface area contributed by atoms with Crippen molar-refractivity contribution in [2.24, 2.45) is 10.2 Å². The average Bonchev–Trinajstić information content (AvgIpc) is 2.99. The van der Waals surface area contributed by atoms with Crippen molar-refractivity contribution in [2.75, 3.05) is 0 Å². The Morgan fingerprint density at radius 2 is 2.04 bits per heavy atom. The molecule has 0 atom stereocenters. The fourth-order valence-corrected chi connectivity index (χ4v) is 2.81. The number of thiazole rings is 1. The molecule has 0 aliphatic carbocycles. The van der Waals surface area contributed by atoms with Gasteiger partial charge in [0.05, 0.1) is 21.5 Å². The van der Waals surface area contributed by atoms with Crippen LogP contribution >= 0.6 is 11.3 Å². The number of aromatic carboxylic acids is 1. The summed E-state index contributed by atoms with van der Waals surface area (Å²) in [5, 5.41) is 24.8. The minimum Gasteiger partial charge on any atom is -0.478 e. The highest BCUT2D eigenvalue weighted by Gasteiger charge is 2.08. The Labute approximate surface area is 135 Å². The zero-order chi connectivity index (χ0) is 16.2. The van der Waals surface area contributed by atoms with Crippen molar-refractivity contribution < 1.29 is 9.90 Å². The van der Waals surface area contributed by atoms with Gasteiger partial charge in [-0.1, -0.05) is 18.2 Å². The first kappa shape index (κ1) is 14.8. The lowest BCUT2D eigenvalue weighted by atomic mass is 10.2. The topological polar surface area (TPSA) is 98.8 Å². The summed E-state index contributed by atoms with van der Waals surface area (Å²) in [6.45, 7) is 0. The number of nitrogens with zero attached hydrogens (tertiary/aromatic N) is 3.